The van der Waals surface area contributed by atoms with E-state index in [1.807, 2.05) is 25.3 Å². The zero-order valence-corrected chi connectivity index (χ0v) is 11.7. The van der Waals surface area contributed by atoms with Crippen LogP contribution in [-0.4, -0.2) is 10.1 Å². The van der Waals surface area contributed by atoms with E-state index in [-0.39, 0.29) is 6.04 Å². The van der Waals surface area contributed by atoms with Gasteiger partial charge in [0, 0.05) is 23.2 Å². The Bertz CT molecular complexity index is 536. The molecule has 0 amide bonds. The number of hydrogen-bond donors (Lipinski definition) is 2. The third-order valence-corrected chi connectivity index (χ3v) is 3.94. The van der Waals surface area contributed by atoms with Gasteiger partial charge < -0.3 is 10.4 Å². The lowest BCUT2D eigenvalue weighted by Gasteiger charge is -2.12. The lowest BCUT2D eigenvalue weighted by Crippen LogP contribution is -2.18. The number of nitrogens with one attached hydrogen (secondary N) is 1. The number of benzene rings is 1. The molecule has 0 saturated heterocycles. The van der Waals surface area contributed by atoms with E-state index in [1.165, 1.54) is 4.88 Å². The average molecular weight is 262 g/mol. The Balaban J connectivity index is 2.01. The molecule has 0 aliphatic heterocycles. The van der Waals surface area contributed by atoms with Crippen LogP contribution >= 0.6 is 11.3 Å². The van der Waals surface area contributed by atoms with Crippen LogP contribution in [-0.2, 0) is 6.54 Å². The number of nitrogens with zero attached hydrogens (tertiary/aromatic N) is 1. The summed E-state index contributed by atoms with van der Waals surface area (Å²) in [4.78, 5) is 5.58. The fourth-order valence-electron chi connectivity index (χ4n) is 1.78. The Labute approximate surface area is 112 Å². The van der Waals surface area contributed by atoms with E-state index >= 15 is 0 Å². The van der Waals surface area contributed by atoms with Gasteiger partial charge in [0.15, 0.2) is 0 Å². The van der Waals surface area contributed by atoms with E-state index in [0.717, 1.165) is 16.1 Å². The Morgan fingerprint density at radius 3 is 2.83 bits per heavy atom. The van der Waals surface area contributed by atoms with Crippen LogP contribution in [0.5, 0.6) is 5.75 Å². The van der Waals surface area contributed by atoms with Crippen LogP contribution in [0.4, 0.5) is 0 Å². The molecule has 18 heavy (non-hydrogen) atoms. The molecule has 1 aromatic carbocycles. The maximum absolute atomic E-state index is 9.77. The molecule has 4 heteroatoms. The molecule has 1 unspecified atom stereocenters. The molecule has 0 saturated carbocycles. The summed E-state index contributed by atoms with van der Waals surface area (Å²) in [6, 6.07) is 5.85. The summed E-state index contributed by atoms with van der Waals surface area (Å²) in [6.07, 6.45) is 1.89. The van der Waals surface area contributed by atoms with Gasteiger partial charge in [-0.3, -0.25) is 0 Å². The second-order valence-electron chi connectivity index (χ2n) is 4.54. The van der Waals surface area contributed by atoms with Gasteiger partial charge in [0.25, 0.3) is 0 Å². The highest BCUT2D eigenvalue weighted by atomic mass is 32.1. The van der Waals surface area contributed by atoms with Gasteiger partial charge in [0.2, 0.25) is 0 Å². The van der Waals surface area contributed by atoms with Crippen molar-refractivity contribution in [2.24, 2.45) is 0 Å². The largest absolute Gasteiger partial charge is 0.508 e. The molecule has 0 spiro atoms. The van der Waals surface area contributed by atoms with E-state index in [2.05, 4.69) is 24.1 Å². The topological polar surface area (TPSA) is 45.1 Å². The van der Waals surface area contributed by atoms with E-state index < -0.39 is 0 Å². The van der Waals surface area contributed by atoms with Crippen molar-refractivity contribution in [3.63, 3.8) is 0 Å². The molecule has 3 nitrogen and oxygen atoms in total. The van der Waals surface area contributed by atoms with Crippen molar-refractivity contribution in [3.8, 4) is 5.75 Å². The standard InChI is InChI=1S/C14H18N2OS/c1-9-4-5-13(17)12(6-9)8-15-11(3)14-16-7-10(2)18-14/h4-7,11,15,17H,8H2,1-3H3. The molecule has 1 heterocycles. The first-order chi connectivity index (χ1) is 8.56. The van der Waals surface area contributed by atoms with Gasteiger partial charge >= 0.3 is 0 Å². The van der Waals surface area contributed by atoms with Crippen LogP contribution in [0.1, 0.15) is 34.0 Å². The Morgan fingerprint density at radius 2 is 2.17 bits per heavy atom. The Morgan fingerprint density at radius 1 is 1.39 bits per heavy atom. The lowest BCUT2D eigenvalue weighted by molar-refractivity contribution is 0.460. The van der Waals surface area contributed by atoms with E-state index in [4.69, 9.17) is 0 Å². The molecule has 2 N–H and O–H groups in total. The molecule has 0 aliphatic rings. The number of hydrogen-bond acceptors (Lipinski definition) is 4. The zero-order chi connectivity index (χ0) is 13.1. The van der Waals surface area contributed by atoms with Crippen molar-refractivity contribution in [1.82, 2.24) is 10.3 Å². The number of aromatic nitrogens is 1. The van der Waals surface area contributed by atoms with Crippen LogP contribution in [0.3, 0.4) is 0 Å². The fraction of sp³-hybridized carbons (Fsp3) is 0.357. The third kappa shape index (κ3) is 3.09. The molecule has 0 radical (unpaired) electrons. The number of aryl methyl sites for hydroxylation is 2. The number of aromatic hydroxyl groups is 1. The fourth-order valence-corrected chi connectivity index (χ4v) is 2.58. The van der Waals surface area contributed by atoms with Gasteiger partial charge in [-0.2, -0.15) is 0 Å². The predicted molar refractivity (Wildman–Crippen MR) is 74.9 cm³/mol. The molecule has 0 fully saturated rings. The molecule has 0 aliphatic carbocycles. The summed E-state index contributed by atoms with van der Waals surface area (Å²) in [6.45, 7) is 6.81. The molecule has 1 aromatic heterocycles. The van der Waals surface area contributed by atoms with Crippen molar-refractivity contribution in [2.45, 2.75) is 33.4 Å². The zero-order valence-electron chi connectivity index (χ0n) is 10.9. The summed E-state index contributed by atoms with van der Waals surface area (Å²) < 4.78 is 0. The smallest absolute Gasteiger partial charge is 0.120 e. The van der Waals surface area contributed by atoms with Gasteiger partial charge in [0.05, 0.1) is 6.04 Å². The molecule has 2 rings (SSSR count). The van der Waals surface area contributed by atoms with Crippen molar-refractivity contribution in [2.75, 3.05) is 0 Å². The van der Waals surface area contributed by atoms with Gasteiger partial charge in [-0.05, 0) is 26.8 Å². The summed E-state index contributed by atoms with van der Waals surface area (Å²) in [5.74, 6) is 0.343. The van der Waals surface area contributed by atoms with Crippen molar-refractivity contribution in [1.29, 1.82) is 0 Å². The quantitative estimate of drug-likeness (QED) is 0.888. The number of rotatable bonds is 4. The minimum absolute atomic E-state index is 0.198. The predicted octanol–water partition coefficient (Wildman–Crippen LogP) is 3.32. The second kappa shape index (κ2) is 5.50. The van der Waals surface area contributed by atoms with Crippen LogP contribution < -0.4 is 5.32 Å². The first-order valence-electron chi connectivity index (χ1n) is 6.00. The van der Waals surface area contributed by atoms with Gasteiger partial charge in [0.1, 0.15) is 10.8 Å². The van der Waals surface area contributed by atoms with Crippen molar-refractivity contribution >= 4 is 11.3 Å². The Hall–Kier alpha value is -1.39. The first kappa shape index (κ1) is 13.1. The highest BCUT2D eigenvalue weighted by molar-refractivity contribution is 7.11. The van der Waals surface area contributed by atoms with Gasteiger partial charge in [-0.25, -0.2) is 4.98 Å². The molecule has 1 atom stereocenters. The molecule has 0 bridgehead atoms. The van der Waals surface area contributed by atoms with E-state index in [9.17, 15) is 5.11 Å². The van der Waals surface area contributed by atoms with Crippen LogP contribution in [0.15, 0.2) is 24.4 Å². The van der Waals surface area contributed by atoms with Crippen molar-refractivity contribution in [3.05, 3.63) is 45.4 Å². The van der Waals surface area contributed by atoms with Gasteiger partial charge in [-0.1, -0.05) is 17.7 Å². The minimum atomic E-state index is 0.198. The summed E-state index contributed by atoms with van der Waals surface area (Å²) in [7, 11) is 0. The SMILES string of the molecule is Cc1ccc(O)c(CNC(C)c2ncc(C)s2)c1. The first-order valence-corrected chi connectivity index (χ1v) is 6.82. The lowest BCUT2D eigenvalue weighted by atomic mass is 10.1. The minimum Gasteiger partial charge on any atom is -0.508 e. The van der Waals surface area contributed by atoms with E-state index in [1.54, 1.807) is 17.4 Å². The number of thiazole rings is 1. The molecule has 96 valence electrons. The normalized spacial score (nSPS) is 12.6. The van der Waals surface area contributed by atoms with Crippen LogP contribution in [0.25, 0.3) is 0 Å². The summed E-state index contributed by atoms with van der Waals surface area (Å²) in [5, 5.41) is 14.2. The number of phenolic OH excluding ortho intramolecular Hbond substituents is 1. The monoisotopic (exact) mass is 262 g/mol. The average Bonchev–Trinajstić information content (AvgIpc) is 2.77. The summed E-state index contributed by atoms with van der Waals surface area (Å²) in [5.41, 5.74) is 2.08. The van der Waals surface area contributed by atoms with Gasteiger partial charge in [-0.15, -0.1) is 11.3 Å². The van der Waals surface area contributed by atoms with Crippen LogP contribution in [0.2, 0.25) is 0 Å². The molecular formula is C14H18N2OS. The van der Waals surface area contributed by atoms with Crippen molar-refractivity contribution < 1.29 is 5.11 Å². The third-order valence-electron chi connectivity index (χ3n) is 2.84. The highest BCUT2D eigenvalue weighted by Crippen LogP contribution is 2.22. The summed E-state index contributed by atoms with van der Waals surface area (Å²) >= 11 is 1.70. The second-order valence-corrected chi connectivity index (χ2v) is 5.81. The van der Waals surface area contributed by atoms with Crippen LogP contribution in [0, 0.1) is 13.8 Å². The Kier molecular flexibility index (Phi) is 3.99. The maximum atomic E-state index is 9.77. The highest BCUT2D eigenvalue weighted by Gasteiger charge is 2.10. The molecular weight excluding hydrogens is 244 g/mol. The number of phenols is 1. The molecule has 2 aromatic rings. The maximum Gasteiger partial charge on any atom is 0.120 e. The van der Waals surface area contributed by atoms with E-state index in [0.29, 0.717) is 12.3 Å².